The first kappa shape index (κ1) is 19.7. The molecule has 1 aliphatic rings. The van der Waals surface area contributed by atoms with E-state index >= 15 is 0 Å². The van der Waals surface area contributed by atoms with E-state index in [-0.39, 0.29) is 19.5 Å². The van der Waals surface area contributed by atoms with Crippen LogP contribution in [0.1, 0.15) is 28.8 Å². The molecule has 1 aliphatic heterocycles. The van der Waals surface area contributed by atoms with E-state index < -0.39 is 28.0 Å². The van der Waals surface area contributed by atoms with E-state index in [9.17, 15) is 26.4 Å². The van der Waals surface area contributed by atoms with Gasteiger partial charge in [-0.15, -0.1) is 0 Å². The van der Waals surface area contributed by atoms with Crippen molar-refractivity contribution in [1.29, 1.82) is 0 Å². The van der Waals surface area contributed by atoms with Crippen molar-refractivity contribution in [3.8, 4) is 0 Å². The van der Waals surface area contributed by atoms with Gasteiger partial charge in [0.2, 0.25) is 10.0 Å². The smallest absolute Gasteiger partial charge is 0.338 e. The zero-order chi connectivity index (χ0) is 18.7. The minimum atomic E-state index is -4.28. The number of carbonyl (C=O) groups is 1. The molecule has 1 fully saturated rings. The Labute approximate surface area is 145 Å². The summed E-state index contributed by atoms with van der Waals surface area (Å²) in [5.41, 5.74) is 1.17. The number of alkyl halides is 3. The van der Waals surface area contributed by atoms with Gasteiger partial charge < -0.3 is 4.90 Å². The topological polar surface area (TPSA) is 66.5 Å². The van der Waals surface area contributed by atoms with Crippen LogP contribution in [-0.2, 0) is 16.4 Å². The maximum atomic E-state index is 12.8. The number of sulfonamides is 1. The molecule has 0 unspecified atom stereocenters. The molecule has 1 amide bonds. The van der Waals surface area contributed by atoms with E-state index in [0.717, 1.165) is 11.8 Å². The molecule has 0 aromatic heterocycles. The van der Waals surface area contributed by atoms with Gasteiger partial charge in [-0.1, -0.05) is 12.1 Å². The predicted octanol–water partition coefficient (Wildman–Crippen LogP) is 2.19. The Hall–Kier alpha value is -1.61. The molecule has 0 saturated carbocycles. The number of nitrogens with zero attached hydrogens (tertiary/aromatic N) is 1. The Morgan fingerprint density at radius 3 is 2.48 bits per heavy atom. The molecular weight excluding hydrogens is 357 g/mol. The second-order valence-corrected chi connectivity index (χ2v) is 8.08. The fraction of sp³-hybridized carbons (Fsp3) is 0.562. The highest BCUT2D eigenvalue weighted by Gasteiger charge is 2.42. The van der Waals surface area contributed by atoms with Gasteiger partial charge in [-0.2, -0.15) is 13.2 Å². The third-order valence-corrected chi connectivity index (χ3v) is 4.88. The maximum Gasteiger partial charge on any atom is 0.393 e. The molecule has 0 spiro atoms. The second-order valence-electron chi connectivity index (χ2n) is 6.25. The lowest BCUT2D eigenvalue weighted by atomic mass is 9.96. The summed E-state index contributed by atoms with van der Waals surface area (Å²) in [4.78, 5) is 13.6. The number of likely N-dealkylation sites (tertiary alicyclic amines) is 1. The number of halogens is 3. The normalized spacial score (nSPS) is 19.0. The molecule has 0 bridgehead atoms. The summed E-state index contributed by atoms with van der Waals surface area (Å²) in [7, 11) is -3.25. The van der Waals surface area contributed by atoms with Crippen LogP contribution < -0.4 is 4.72 Å². The van der Waals surface area contributed by atoms with Crippen LogP contribution in [0.4, 0.5) is 13.2 Å². The van der Waals surface area contributed by atoms with E-state index in [1.54, 1.807) is 24.3 Å². The van der Waals surface area contributed by atoms with Crippen LogP contribution in [0.25, 0.3) is 0 Å². The zero-order valence-corrected chi connectivity index (χ0v) is 14.7. The third-order valence-electron chi connectivity index (χ3n) is 4.15. The van der Waals surface area contributed by atoms with Crippen LogP contribution in [0.5, 0.6) is 0 Å². The van der Waals surface area contributed by atoms with Crippen LogP contribution in [0.15, 0.2) is 24.3 Å². The van der Waals surface area contributed by atoms with Crippen LogP contribution in [0.2, 0.25) is 0 Å². The van der Waals surface area contributed by atoms with Gasteiger partial charge in [0, 0.05) is 25.2 Å². The van der Waals surface area contributed by atoms with Crippen molar-refractivity contribution in [3.63, 3.8) is 0 Å². The Morgan fingerprint density at radius 1 is 1.28 bits per heavy atom. The van der Waals surface area contributed by atoms with Gasteiger partial charge in [-0.25, -0.2) is 13.1 Å². The van der Waals surface area contributed by atoms with Gasteiger partial charge in [0.1, 0.15) is 0 Å². The van der Waals surface area contributed by atoms with Crippen LogP contribution in [-0.4, -0.2) is 51.3 Å². The molecule has 9 heteroatoms. The van der Waals surface area contributed by atoms with E-state index in [1.165, 1.54) is 4.90 Å². The fourth-order valence-electron chi connectivity index (χ4n) is 2.81. The van der Waals surface area contributed by atoms with Crippen LogP contribution in [0.3, 0.4) is 0 Å². The lowest BCUT2D eigenvalue weighted by Crippen LogP contribution is -2.44. The Bertz CT molecular complexity index is 702. The van der Waals surface area contributed by atoms with Crippen LogP contribution in [0, 0.1) is 5.92 Å². The Morgan fingerprint density at radius 2 is 1.92 bits per heavy atom. The molecule has 140 valence electrons. The fourth-order valence-corrected chi connectivity index (χ4v) is 3.28. The molecule has 1 aromatic rings. The summed E-state index contributed by atoms with van der Waals surface area (Å²) >= 11 is 0. The summed E-state index contributed by atoms with van der Waals surface area (Å²) in [6, 6.07) is 6.50. The summed E-state index contributed by atoms with van der Waals surface area (Å²) in [6.45, 7) is 0.263. The van der Waals surface area contributed by atoms with Crippen molar-refractivity contribution in [3.05, 3.63) is 35.4 Å². The maximum absolute atomic E-state index is 12.8. The van der Waals surface area contributed by atoms with Gasteiger partial charge in [-0.3, -0.25) is 4.79 Å². The number of carbonyl (C=O) groups excluding carboxylic acids is 1. The third kappa shape index (κ3) is 6.00. The number of hydrogen-bond acceptors (Lipinski definition) is 3. The highest BCUT2D eigenvalue weighted by atomic mass is 32.2. The van der Waals surface area contributed by atoms with Gasteiger partial charge in [0.25, 0.3) is 5.91 Å². The van der Waals surface area contributed by atoms with E-state index in [2.05, 4.69) is 4.72 Å². The molecule has 2 rings (SSSR count). The van der Waals surface area contributed by atoms with Crippen molar-refractivity contribution in [1.82, 2.24) is 9.62 Å². The zero-order valence-electron chi connectivity index (χ0n) is 13.8. The van der Waals surface area contributed by atoms with Crippen molar-refractivity contribution in [2.75, 3.05) is 25.9 Å². The largest absolute Gasteiger partial charge is 0.393 e. The molecule has 0 radical (unpaired) electrons. The SMILES string of the molecule is CS(=O)(=O)NCCc1ccc(C(=O)N2CCC[C@H](C(F)(F)F)C2)cc1. The van der Waals surface area contributed by atoms with E-state index in [0.29, 0.717) is 24.9 Å². The summed E-state index contributed by atoms with van der Waals surface area (Å²) in [5.74, 6) is -1.87. The minimum absolute atomic E-state index is 0.0551. The first-order valence-corrected chi connectivity index (χ1v) is 9.85. The van der Waals surface area contributed by atoms with E-state index in [4.69, 9.17) is 0 Å². The monoisotopic (exact) mass is 378 g/mol. The molecule has 0 aliphatic carbocycles. The van der Waals surface area contributed by atoms with Gasteiger partial charge in [0.15, 0.2) is 0 Å². The Balaban J connectivity index is 1.96. The number of amides is 1. The van der Waals surface area contributed by atoms with E-state index in [1.807, 2.05) is 0 Å². The predicted molar refractivity (Wildman–Crippen MR) is 87.7 cm³/mol. The number of hydrogen-bond donors (Lipinski definition) is 1. The van der Waals surface area contributed by atoms with Crippen molar-refractivity contribution >= 4 is 15.9 Å². The molecule has 1 atom stereocenters. The molecule has 1 heterocycles. The standard InChI is InChI=1S/C16H21F3N2O3S/c1-25(23,24)20-9-8-12-4-6-13(7-5-12)15(22)21-10-2-3-14(11-21)16(17,18)19/h4-7,14,20H,2-3,8-11H2,1H3/t14-/m0/s1. The second kappa shape index (κ2) is 7.74. The average Bonchev–Trinajstić information content (AvgIpc) is 2.53. The molecular formula is C16H21F3N2O3S. The van der Waals surface area contributed by atoms with Crippen molar-refractivity contribution < 1.29 is 26.4 Å². The molecule has 1 N–H and O–H groups in total. The molecule has 1 saturated heterocycles. The minimum Gasteiger partial charge on any atom is -0.338 e. The lowest BCUT2D eigenvalue weighted by molar-refractivity contribution is -0.184. The summed E-state index contributed by atoms with van der Waals surface area (Å²) in [6.07, 6.45) is -2.36. The molecule has 5 nitrogen and oxygen atoms in total. The average molecular weight is 378 g/mol. The summed E-state index contributed by atoms with van der Waals surface area (Å²) < 4.78 is 62.9. The van der Waals surface area contributed by atoms with Gasteiger partial charge in [-0.05, 0) is 37.0 Å². The van der Waals surface area contributed by atoms with Crippen LogP contribution >= 0.6 is 0 Å². The first-order chi connectivity index (χ1) is 11.6. The highest BCUT2D eigenvalue weighted by Crippen LogP contribution is 2.33. The lowest BCUT2D eigenvalue weighted by Gasteiger charge is -2.33. The quantitative estimate of drug-likeness (QED) is 0.854. The first-order valence-electron chi connectivity index (χ1n) is 7.96. The number of rotatable bonds is 5. The number of piperidine rings is 1. The Kier molecular flexibility index (Phi) is 6.10. The molecule has 25 heavy (non-hydrogen) atoms. The number of benzene rings is 1. The van der Waals surface area contributed by atoms with Gasteiger partial charge in [0.05, 0.1) is 12.2 Å². The van der Waals surface area contributed by atoms with Gasteiger partial charge >= 0.3 is 6.18 Å². The van der Waals surface area contributed by atoms with Crippen molar-refractivity contribution in [2.45, 2.75) is 25.4 Å². The molecule has 1 aromatic carbocycles. The summed E-state index contributed by atoms with van der Waals surface area (Å²) in [5, 5.41) is 0. The highest BCUT2D eigenvalue weighted by molar-refractivity contribution is 7.88. The number of nitrogens with one attached hydrogen (secondary N) is 1. The van der Waals surface area contributed by atoms with Crippen molar-refractivity contribution in [2.24, 2.45) is 5.92 Å².